The molecule has 0 aliphatic rings. The van der Waals surface area contributed by atoms with Gasteiger partial charge in [-0.15, -0.1) is 0 Å². The highest BCUT2D eigenvalue weighted by Crippen LogP contribution is 2.12. The van der Waals surface area contributed by atoms with Crippen molar-refractivity contribution in [3.05, 3.63) is 70.3 Å². The molecule has 0 atom stereocenters. The maximum Gasteiger partial charge on any atom is 0.312 e. The molecule has 2 aromatic carbocycles. The van der Waals surface area contributed by atoms with Crippen LogP contribution in [0.5, 0.6) is 0 Å². The lowest BCUT2D eigenvalue weighted by atomic mass is 10.1. The summed E-state index contributed by atoms with van der Waals surface area (Å²) in [5.41, 5.74) is 6.51. The van der Waals surface area contributed by atoms with Gasteiger partial charge < -0.3 is 11.1 Å². The summed E-state index contributed by atoms with van der Waals surface area (Å²) in [4.78, 5) is 39.6. The second-order valence-electron chi connectivity index (χ2n) is 6.54. The normalized spacial score (nSPS) is 11.2. The SMILES string of the molecule is Cc1cccc2c(=O)n(CC(=O)NS(=O)(=O)c3ccc(CNC(N)=O)cc3)cnc12. The summed E-state index contributed by atoms with van der Waals surface area (Å²) in [6.07, 6.45) is 1.21. The molecule has 1 heterocycles. The lowest BCUT2D eigenvalue weighted by Gasteiger charge is -2.10. The molecule has 0 bridgehead atoms. The Morgan fingerprint density at radius 3 is 2.50 bits per heavy atom. The van der Waals surface area contributed by atoms with Gasteiger partial charge in [0.1, 0.15) is 6.54 Å². The van der Waals surface area contributed by atoms with E-state index in [-0.39, 0.29) is 11.4 Å². The van der Waals surface area contributed by atoms with Crippen LogP contribution in [0.3, 0.4) is 0 Å². The molecule has 30 heavy (non-hydrogen) atoms. The number of para-hydroxylation sites is 1. The number of urea groups is 1. The summed E-state index contributed by atoms with van der Waals surface area (Å²) < 4.78 is 27.8. The van der Waals surface area contributed by atoms with E-state index < -0.39 is 34.1 Å². The molecule has 0 saturated carbocycles. The number of sulfonamides is 1. The second-order valence-corrected chi connectivity index (χ2v) is 8.22. The van der Waals surface area contributed by atoms with E-state index in [0.717, 1.165) is 10.1 Å². The fourth-order valence-corrected chi connectivity index (χ4v) is 3.80. The number of hydrogen-bond donors (Lipinski definition) is 3. The molecular formula is C19H19N5O5S. The molecule has 0 fully saturated rings. The van der Waals surface area contributed by atoms with Crippen LogP contribution in [0.4, 0.5) is 4.79 Å². The maximum atomic E-state index is 12.6. The van der Waals surface area contributed by atoms with Gasteiger partial charge in [-0.2, -0.15) is 0 Å². The average molecular weight is 429 g/mol. The Morgan fingerprint density at radius 1 is 1.13 bits per heavy atom. The first kappa shape index (κ1) is 21.0. The number of nitrogens with zero attached hydrogens (tertiary/aromatic N) is 2. The fraction of sp³-hybridized carbons (Fsp3) is 0.158. The first-order valence-electron chi connectivity index (χ1n) is 8.80. The quantitative estimate of drug-likeness (QED) is 0.515. The van der Waals surface area contributed by atoms with Crippen molar-refractivity contribution in [2.24, 2.45) is 5.73 Å². The molecule has 4 N–H and O–H groups in total. The van der Waals surface area contributed by atoms with Gasteiger partial charge in [0.2, 0.25) is 0 Å². The van der Waals surface area contributed by atoms with Crippen molar-refractivity contribution < 1.29 is 18.0 Å². The van der Waals surface area contributed by atoms with Crippen molar-refractivity contribution in [2.75, 3.05) is 0 Å². The zero-order valence-electron chi connectivity index (χ0n) is 16.0. The Morgan fingerprint density at radius 2 is 1.83 bits per heavy atom. The topological polar surface area (TPSA) is 153 Å². The summed E-state index contributed by atoms with van der Waals surface area (Å²) in [6, 6.07) is 9.96. The highest BCUT2D eigenvalue weighted by Gasteiger charge is 2.18. The number of benzene rings is 2. The number of rotatable bonds is 6. The minimum Gasteiger partial charge on any atom is -0.352 e. The van der Waals surface area contributed by atoms with Crippen molar-refractivity contribution in [3.63, 3.8) is 0 Å². The number of aryl methyl sites for hydroxylation is 1. The number of primary amides is 1. The molecule has 0 aliphatic heterocycles. The zero-order chi connectivity index (χ0) is 21.9. The van der Waals surface area contributed by atoms with Gasteiger partial charge in [0.15, 0.2) is 0 Å². The van der Waals surface area contributed by atoms with Crippen molar-refractivity contribution in [3.8, 4) is 0 Å². The number of nitrogens with one attached hydrogen (secondary N) is 2. The van der Waals surface area contributed by atoms with E-state index in [0.29, 0.717) is 16.5 Å². The highest BCUT2D eigenvalue weighted by molar-refractivity contribution is 7.90. The van der Waals surface area contributed by atoms with Gasteiger partial charge in [-0.05, 0) is 36.2 Å². The first-order valence-corrected chi connectivity index (χ1v) is 10.3. The van der Waals surface area contributed by atoms with Gasteiger partial charge in [-0.3, -0.25) is 14.2 Å². The zero-order valence-corrected chi connectivity index (χ0v) is 16.8. The third kappa shape index (κ3) is 4.63. The van der Waals surface area contributed by atoms with E-state index in [9.17, 15) is 22.8 Å². The Hall–Kier alpha value is -3.73. The van der Waals surface area contributed by atoms with Crippen molar-refractivity contribution in [1.29, 1.82) is 0 Å². The van der Waals surface area contributed by atoms with Gasteiger partial charge in [0.05, 0.1) is 22.1 Å². The highest BCUT2D eigenvalue weighted by atomic mass is 32.2. The van der Waals surface area contributed by atoms with Gasteiger partial charge in [0, 0.05) is 6.54 Å². The molecule has 3 rings (SSSR count). The summed E-state index contributed by atoms with van der Waals surface area (Å²) in [5.74, 6) is -0.884. The van der Waals surface area contributed by atoms with Crippen molar-refractivity contribution in [2.45, 2.75) is 24.9 Å². The van der Waals surface area contributed by atoms with Gasteiger partial charge in [0.25, 0.3) is 21.5 Å². The maximum absolute atomic E-state index is 12.6. The second kappa shape index (κ2) is 8.33. The van der Waals surface area contributed by atoms with Crippen LogP contribution in [-0.2, 0) is 27.9 Å². The van der Waals surface area contributed by atoms with Crippen LogP contribution in [0.15, 0.2) is 58.5 Å². The molecule has 11 heteroatoms. The summed E-state index contributed by atoms with van der Waals surface area (Å²) in [5, 5.41) is 2.72. The molecule has 3 amide bonds. The third-order valence-electron chi connectivity index (χ3n) is 4.32. The number of carbonyl (C=O) groups excluding carboxylic acids is 2. The monoisotopic (exact) mass is 429 g/mol. The molecule has 0 unspecified atom stereocenters. The first-order chi connectivity index (χ1) is 14.2. The number of amides is 3. The molecule has 10 nitrogen and oxygen atoms in total. The molecule has 3 aromatic rings. The van der Waals surface area contributed by atoms with Crippen LogP contribution in [0.1, 0.15) is 11.1 Å². The Labute approximate surface area is 171 Å². The summed E-state index contributed by atoms with van der Waals surface area (Å²) >= 11 is 0. The molecule has 156 valence electrons. The van der Waals surface area contributed by atoms with E-state index in [1.54, 1.807) is 12.1 Å². The summed E-state index contributed by atoms with van der Waals surface area (Å²) in [6.45, 7) is 1.45. The molecule has 1 aromatic heterocycles. The Balaban J connectivity index is 1.74. The minimum atomic E-state index is -4.14. The van der Waals surface area contributed by atoms with Crippen LogP contribution >= 0.6 is 0 Å². The molecule has 0 spiro atoms. The van der Waals surface area contributed by atoms with Crippen LogP contribution in [0, 0.1) is 6.92 Å². The largest absolute Gasteiger partial charge is 0.352 e. The number of aromatic nitrogens is 2. The van der Waals surface area contributed by atoms with E-state index in [2.05, 4.69) is 10.3 Å². The standard InChI is InChI=1S/C19H19N5O5S/c1-12-3-2-4-15-17(12)22-11-24(18(15)26)10-16(25)23-30(28,29)14-7-5-13(6-8-14)9-21-19(20)27/h2-8,11H,9-10H2,1H3,(H,23,25)(H3,20,21,27). The molecular weight excluding hydrogens is 410 g/mol. The molecule has 0 saturated heterocycles. The van der Waals surface area contributed by atoms with Crippen LogP contribution < -0.4 is 21.3 Å². The third-order valence-corrected chi connectivity index (χ3v) is 5.71. The predicted molar refractivity (Wildman–Crippen MR) is 109 cm³/mol. The average Bonchev–Trinajstić information content (AvgIpc) is 2.69. The molecule has 0 aliphatic carbocycles. The van der Waals surface area contributed by atoms with Crippen molar-refractivity contribution in [1.82, 2.24) is 19.6 Å². The Kier molecular flexibility index (Phi) is 5.83. The summed E-state index contributed by atoms with van der Waals surface area (Å²) in [7, 11) is -4.14. The van der Waals surface area contributed by atoms with E-state index in [4.69, 9.17) is 5.73 Å². The minimum absolute atomic E-state index is 0.138. The van der Waals surface area contributed by atoms with E-state index in [1.807, 2.05) is 17.7 Å². The van der Waals surface area contributed by atoms with Crippen LogP contribution in [0.25, 0.3) is 10.9 Å². The lowest BCUT2D eigenvalue weighted by molar-refractivity contribution is -0.119. The Bertz CT molecular complexity index is 1280. The number of hydrogen-bond acceptors (Lipinski definition) is 6. The van der Waals surface area contributed by atoms with Gasteiger partial charge in [-0.25, -0.2) is 22.9 Å². The van der Waals surface area contributed by atoms with Crippen LogP contribution in [-0.4, -0.2) is 29.9 Å². The van der Waals surface area contributed by atoms with Gasteiger partial charge in [-0.1, -0.05) is 24.3 Å². The lowest BCUT2D eigenvalue weighted by Crippen LogP contribution is -2.36. The predicted octanol–water partition coefficient (Wildman–Crippen LogP) is 0.378. The number of carbonyl (C=O) groups is 2. The fourth-order valence-electron chi connectivity index (χ4n) is 2.82. The van der Waals surface area contributed by atoms with Crippen molar-refractivity contribution >= 4 is 32.9 Å². The van der Waals surface area contributed by atoms with E-state index in [1.165, 1.54) is 30.6 Å². The van der Waals surface area contributed by atoms with E-state index >= 15 is 0 Å². The van der Waals surface area contributed by atoms with Gasteiger partial charge >= 0.3 is 6.03 Å². The molecule has 0 radical (unpaired) electrons. The smallest absolute Gasteiger partial charge is 0.312 e. The number of nitrogens with two attached hydrogens (primary N) is 1. The number of fused-ring (bicyclic) bond motifs is 1. The van der Waals surface area contributed by atoms with Crippen LogP contribution in [0.2, 0.25) is 0 Å².